The Labute approximate surface area is 179 Å². The lowest BCUT2D eigenvalue weighted by molar-refractivity contribution is 1.46. The zero-order valence-electron chi connectivity index (χ0n) is 16.6. The summed E-state index contributed by atoms with van der Waals surface area (Å²) in [6.45, 7) is 2.09. The van der Waals surface area contributed by atoms with Crippen molar-refractivity contribution >= 4 is 53.1 Å². The molecule has 0 bridgehead atoms. The van der Waals surface area contributed by atoms with Crippen LogP contribution in [-0.2, 0) is 0 Å². The van der Waals surface area contributed by atoms with Crippen LogP contribution in [-0.4, -0.2) is 0 Å². The van der Waals surface area contributed by atoms with Crippen LogP contribution in [0.2, 0.25) is 0 Å². The zero-order chi connectivity index (χ0) is 20.1. The summed E-state index contributed by atoms with van der Waals surface area (Å²) in [5, 5.41) is 7.88. The van der Waals surface area contributed by atoms with E-state index in [9.17, 15) is 0 Å². The van der Waals surface area contributed by atoms with Gasteiger partial charge in [-0.25, -0.2) is 0 Å². The van der Waals surface area contributed by atoms with Crippen LogP contribution in [0.15, 0.2) is 91.0 Å². The summed E-state index contributed by atoms with van der Waals surface area (Å²) in [6.07, 6.45) is 0. The summed E-state index contributed by atoms with van der Waals surface area (Å²) < 4.78 is 2.70. The lowest BCUT2D eigenvalue weighted by Gasteiger charge is -2.06. The van der Waals surface area contributed by atoms with E-state index in [0.717, 1.165) is 11.1 Å². The fourth-order valence-corrected chi connectivity index (χ4v) is 5.35. The molecule has 0 fully saturated rings. The molecule has 0 amide bonds. The predicted octanol–water partition coefficient (Wildman–Crippen LogP) is 8.07. The number of hydrogen-bond donors (Lipinski definition) is 0. The Morgan fingerprint density at radius 2 is 1.30 bits per heavy atom. The van der Waals surface area contributed by atoms with Crippen LogP contribution in [0.25, 0.3) is 41.7 Å². The van der Waals surface area contributed by atoms with Gasteiger partial charge in [-0.1, -0.05) is 72.0 Å². The smallest absolute Gasteiger partial charge is 0.0361 e. The molecule has 1 heteroatoms. The molecule has 0 aliphatic heterocycles. The second-order valence-corrected chi connectivity index (χ2v) is 8.83. The summed E-state index contributed by atoms with van der Waals surface area (Å²) in [5.74, 6) is 6.60. The van der Waals surface area contributed by atoms with E-state index in [1.54, 1.807) is 0 Å². The van der Waals surface area contributed by atoms with Crippen LogP contribution in [0, 0.1) is 18.8 Å². The Morgan fingerprint density at radius 3 is 2.20 bits per heavy atom. The van der Waals surface area contributed by atoms with Gasteiger partial charge in [0.1, 0.15) is 0 Å². The molecule has 6 rings (SSSR count). The third-order valence-electron chi connectivity index (χ3n) is 5.76. The van der Waals surface area contributed by atoms with Crippen molar-refractivity contribution in [3.05, 3.63) is 108 Å². The minimum atomic E-state index is 1.05. The van der Waals surface area contributed by atoms with E-state index in [4.69, 9.17) is 0 Å². The first-order chi connectivity index (χ1) is 14.8. The molecule has 6 aromatic rings. The summed E-state index contributed by atoms with van der Waals surface area (Å²) in [7, 11) is 0. The van der Waals surface area contributed by atoms with E-state index in [-0.39, 0.29) is 0 Å². The van der Waals surface area contributed by atoms with Crippen LogP contribution in [0.5, 0.6) is 0 Å². The van der Waals surface area contributed by atoms with Gasteiger partial charge in [0.25, 0.3) is 0 Å². The second-order valence-electron chi connectivity index (χ2n) is 7.75. The van der Waals surface area contributed by atoms with Gasteiger partial charge in [0.2, 0.25) is 0 Å². The highest BCUT2D eigenvalue weighted by Crippen LogP contribution is 2.40. The second kappa shape index (κ2) is 6.73. The number of aryl methyl sites for hydroxylation is 1. The highest BCUT2D eigenvalue weighted by molar-refractivity contribution is 7.26. The van der Waals surface area contributed by atoms with Crippen molar-refractivity contribution in [3.8, 4) is 11.8 Å². The maximum atomic E-state index is 3.32. The van der Waals surface area contributed by atoms with Crippen LogP contribution >= 0.6 is 11.3 Å². The van der Waals surface area contributed by atoms with Gasteiger partial charge in [0, 0.05) is 31.3 Å². The van der Waals surface area contributed by atoms with Gasteiger partial charge in [-0.15, -0.1) is 11.3 Å². The van der Waals surface area contributed by atoms with Gasteiger partial charge in [0.05, 0.1) is 0 Å². The molecule has 30 heavy (non-hydrogen) atoms. The van der Waals surface area contributed by atoms with E-state index in [0.29, 0.717) is 0 Å². The van der Waals surface area contributed by atoms with Gasteiger partial charge < -0.3 is 0 Å². The van der Waals surface area contributed by atoms with E-state index < -0.39 is 0 Å². The molecule has 140 valence electrons. The van der Waals surface area contributed by atoms with Gasteiger partial charge >= 0.3 is 0 Å². The number of thiophene rings is 1. The lowest BCUT2D eigenvalue weighted by atomic mass is 9.97. The quantitative estimate of drug-likeness (QED) is 0.179. The van der Waals surface area contributed by atoms with Crippen molar-refractivity contribution < 1.29 is 0 Å². The molecule has 0 N–H and O–H groups in total. The fraction of sp³-hybridized carbons (Fsp3) is 0.0345. The van der Waals surface area contributed by atoms with Crippen molar-refractivity contribution in [3.63, 3.8) is 0 Å². The Bertz CT molecular complexity index is 1640. The third-order valence-corrected chi connectivity index (χ3v) is 6.89. The molecule has 0 unspecified atom stereocenters. The average molecular weight is 399 g/mol. The molecule has 0 radical (unpaired) electrons. The van der Waals surface area contributed by atoms with Crippen LogP contribution in [0.3, 0.4) is 0 Å². The van der Waals surface area contributed by atoms with Gasteiger partial charge in [-0.3, -0.25) is 0 Å². The highest BCUT2D eigenvalue weighted by Gasteiger charge is 2.10. The van der Waals surface area contributed by atoms with Crippen molar-refractivity contribution in [2.24, 2.45) is 0 Å². The molecule has 0 saturated heterocycles. The number of benzene rings is 5. The Balaban J connectivity index is 1.52. The molecule has 0 spiro atoms. The number of rotatable bonds is 0. The molecule has 1 heterocycles. The summed E-state index contributed by atoms with van der Waals surface area (Å²) in [5.41, 5.74) is 3.35. The zero-order valence-corrected chi connectivity index (χ0v) is 17.4. The summed E-state index contributed by atoms with van der Waals surface area (Å²) >= 11 is 1.87. The van der Waals surface area contributed by atoms with E-state index >= 15 is 0 Å². The predicted molar refractivity (Wildman–Crippen MR) is 132 cm³/mol. The molecule has 0 atom stereocenters. The monoisotopic (exact) mass is 398 g/mol. The maximum absolute atomic E-state index is 3.32. The average Bonchev–Trinajstić information content (AvgIpc) is 3.17. The Kier molecular flexibility index (Phi) is 3.88. The van der Waals surface area contributed by atoms with Crippen molar-refractivity contribution in [2.45, 2.75) is 6.92 Å². The van der Waals surface area contributed by atoms with E-state index in [2.05, 4.69) is 110 Å². The molecule has 0 aliphatic carbocycles. The molecule has 0 aliphatic rings. The highest BCUT2D eigenvalue weighted by atomic mass is 32.1. The van der Waals surface area contributed by atoms with Crippen molar-refractivity contribution in [2.75, 3.05) is 0 Å². The topological polar surface area (TPSA) is 0 Å². The molecule has 1 aromatic heterocycles. The first-order valence-corrected chi connectivity index (χ1v) is 10.9. The van der Waals surface area contributed by atoms with Gasteiger partial charge in [0.15, 0.2) is 0 Å². The first kappa shape index (κ1) is 17.3. The first-order valence-electron chi connectivity index (χ1n) is 10.1. The molecular weight excluding hydrogens is 380 g/mol. The summed E-state index contributed by atoms with van der Waals surface area (Å²) in [4.78, 5) is 0. The van der Waals surface area contributed by atoms with E-state index in [1.165, 1.54) is 47.3 Å². The molecule has 5 aromatic carbocycles. The Morgan fingerprint density at radius 1 is 0.567 bits per heavy atom. The minimum absolute atomic E-state index is 1.05. The largest absolute Gasteiger partial charge is 0.135 e. The fourth-order valence-electron chi connectivity index (χ4n) is 4.23. The van der Waals surface area contributed by atoms with Gasteiger partial charge in [-0.2, -0.15) is 0 Å². The normalized spacial score (nSPS) is 11.2. The van der Waals surface area contributed by atoms with Crippen LogP contribution < -0.4 is 0 Å². The van der Waals surface area contributed by atoms with E-state index in [1.807, 2.05) is 11.3 Å². The number of hydrogen-bond acceptors (Lipinski definition) is 1. The molecule has 0 nitrogen and oxygen atoms in total. The van der Waals surface area contributed by atoms with Crippen molar-refractivity contribution in [1.29, 1.82) is 0 Å². The van der Waals surface area contributed by atoms with Crippen molar-refractivity contribution in [1.82, 2.24) is 0 Å². The van der Waals surface area contributed by atoms with Crippen LogP contribution in [0.1, 0.15) is 16.7 Å². The lowest BCUT2D eigenvalue weighted by Crippen LogP contribution is -1.82. The molecule has 0 saturated carbocycles. The Hall–Kier alpha value is -3.60. The van der Waals surface area contributed by atoms with Gasteiger partial charge in [-0.05, 0) is 64.9 Å². The SMILES string of the molecule is Cc1ccc(C#Cc2ccc3c(ccc4c3ccc3sc5ccccc5c34)c2)cc1. The van der Waals surface area contributed by atoms with Crippen LogP contribution in [0.4, 0.5) is 0 Å². The third kappa shape index (κ3) is 2.77. The minimum Gasteiger partial charge on any atom is -0.135 e. The standard InChI is InChI=1S/C29H18S/c1-19-6-8-20(9-7-19)10-11-21-12-14-23-22(18-21)13-15-25-24(23)16-17-28-29(25)26-4-2-3-5-27(26)30-28/h2-9,12-18H,1H3. The number of fused-ring (bicyclic) bond motifs is 7. The maximum Gasteiger partial charge on any atom is 0.0361 e. The summed E-state index contributed by atoms with van der Waals surface area (Å²) in [6, 6.07) is 32.7. The molecular formula is C29H18S.